The fourth-order valence-corrected chi connectivity index (χ4v) is 1.74. The van der Waals surface area contributed by atoms with E-state index in [1.165, 1.54) is 5.56 Å². The highest BCUT2D eigenvalue weighted by Crippen LogP contribution is 2.33. The Kier molecular flexibility index (Phi) is 3.15. The Morgan fingerprint density at radius 1 is 1.33 bits per heavy atom. The predicted octanol–water partition coefficient (Wildman–Crippen LogP) is 3.58. The van der Waals surface area contributed by atoms with E-state index in [2.05, 4.69) is 35.8 Å². The first-order chi connectivity index (χ1) is 5.66. The second kappa shape index (κ2) is 3.94. The summed E-state index contributed by atoms with van der Waals surface area (Å²) in [6.45, 7) is 4.31. The van der Waals surface area contributed by atoms with Gasteiger partial charge in [0.25, 0.3) is 0 Å². The van der Waals surface area contributed by atoms with Gasteiger partial charge in [-0.15, -0.1) is 0 Å². The number of halogens is 1. The Morgan fingerprint density at radius 2 is 2.00 bits per heavy atom. The first-order valence-electron chi connectivity index (χ1n) is 3.99. The monoisotopic (exact) mass is 228 g/mol. The quantitative estimate of drug-likeness (QED) is 0.753. The molecule has 12 heavy (non-hydrogen) atoms. The van der Waals surface area contributed by atoms with Gasteiger partial charge >= 0.3 is 0 Å². The van der Waals surface area contributed by atoms with Crippen LogP contribution in [0.5, 0.6) is 5.75 Å². The molecule has 2 heteroatoms. The van der Waals surface area contributed by atoms with E-state index in [-0.39, 0.29) is 0 Å². The standard InChI is InChI=1S/C10H13BrO/c1-7(2)8-5-4-6-9(11)10(8)12-3/h4-7H,1-3H3. The molecule has 0 heterocycles. The molecule has 0 atom stereocenters. The summed E-state index contributed by atoms with van der Waals surface area (Å²) >= 11 is 3.45. The van der Waals surface area contributed by atoms with Gasteiger partial charge in [0.1, 0.15) is 5.75 Å². The van der Waals surface area contributed by atoms with Crippen molar-refractivity contribution in [1.29, 1.82) is 0 Å². The van der Waals surface area contributed by atoms with E-state index in [1.807, 2.05) is 12.1 Å². The lowest BCUT2D eigenvalue weighted by molar-refractivity contribution is 0.405. The van der Waals surface area contributed by atoms with Crippen LogP contribution in [-0.4, -0.2) is 7.11 Å². The highest BCUT2D eigenvalue weighted by Gasteiger charge is 2.08. The summed E-state index contributed by atoms with van der Waals surface area (Å²) in [5, 5.41) is 0. The number of hydrogen-bond donors (Lipinski definition) is 0. The van der Waals surface area contributed by atoms with E-state index >= 15 is 0 Å². The minimum absolute atomic E-state index is 0.498. The third-order valence-corrected chi connectivity index (χ3v) is 2.45. The van der Waals surface area contributed by atoms with Gasteiger partial charge < -0.3 is 4.74 Å². The van der Waals surface area contributed by atoms with Crippen LogP contribution in [0.3, 0.4) is 0 Å². The molecule has 0 amide bonds. The molecule has 1 aromatic rings. The van der Waals surface area contributed by atoms with Crippen LogP contribution in [0.1, 0.15) is 25.3 Å². The molecule has 0 bridgehead atoms. The lowest BCUT2D eigenvalue weighted by Gasteiger charge is -2.12. The molecule has 0 aliphatic carbocycles. The average Bonchev–Trinajstić information content (AvgIpc) is 2.03. The van der Waals surface area contributed by atoms with Crippen LogP contribution in [0.4, 0.5) is 0 Å². The molecular weight excluding hydrogens is 216 g/mol. The molecule has 1 aromatic carbocycles. The van der Waals surface area contributed by atoms with Crippen molar-refractivity contribution < 1.29 is 4.74 Å². The first kappa shape index (κ1) is 9.59. The summed E-state index contributed by atoms with van der Waals surface area (Å²) in [6, 6.07) is 6.11. The van der Waals surface area contributed by atoms with Crippen LogP contribution < -0.4 is 4.74 Å². The van der Waals surface area contributed by atoms with Crippen molar-refractivity contribution in [2.45, 2.75) is 19.8 Å². The number of methoxy groups -OCH3 is 1. The van der Waals surface area contributed by atoms with Gasteiger partial charge in [-0.3, -0.25) is 0 Å². The second-order valence-corrected chi connectivity index (χ2v) is 3.87. The molecule has 0 aliphatic heterocycles. The smallest absolute Gasteiger partial charge is 0.136 e. The lowest BCUT2D eigenvalue weighted by atomic mass is 10.0. The van der Waals surface area contributed by atoms with Gasteiger partial charge in [-0.25, -0.2) is 0 Å². The Labute approximate surface area is 81.9 Å². The second-order valence-electron chi connectivity index (χ2n) is 3.02. The van der Waals surface area contributed by atoms with E-state index in [4.69, 9.17) is 4.74 Å². The number of hydrogen-bond acceptors (Lipinski definition) is 1. The van der Waals surface area contributed by atoms with Gasteiger partial charge in [0, 0.05) is 0 Å². The average molecular weight is 229 g/mol. The fraction of sp³-hybridized carbons (Fsp3) is 0.400. The van der Waals surface area contributed by atoms with E-state index < -0.39 is 0 Å². The summed E-state index contributed by atoms with van der Waals surface area (Å²) in [6.07, 6.45) is 0. The summed E-state index contributed by atoms with van der Waals surface area (Å²) in [4.78, 5) is 0. The molecule has 0 fully saturated rings. The highest BCUT2D eigenvalue weighted by atomic mass is 79.9. The zero-order valence-electron chi connectivity index (χ0n) is 7.60. The Hall–Kier alpha value is -0.500. The topological polar surface area (TPSA) is 9.23 Å². The van der Waals surface area contributed by atoms with Crippen LogP contribution in [0.15, 0.2) is 22.7 Å². The Morgan fingerprint density at radius 3 is 2.42 bits per heavy atom. The van der Waals surface area contributed by atoms with Crippen molar-refractivity contribution in [2.24, 2.45) is 0 Å². The first-order valence-corrected chi connectivity index (χ1v) is 4.78. The lowest BCUT2D eigenvalue weighted by Crippen LogP contribution is -1.94. The normalized spacial score (nSPS) is 10.4. The summed E-state index contributed by atoms with van der Waals surface area (Å²) < 4.78 is 6.31. The summed E-state index contributed by atoms with van der Waals surface area (Å²) in [7, 11) is 1.70. The molecule has 0 saturated heterocycles. The van der Waals surface area contributed by atoms with E-state index in [1.54, 1.807) is 7.11 Å². The molecule has 0 unspecified atom stereocenters. The van der Waals surface area contributed by atoms with Gasteiger partial charge in [0.05, 0.1) is 11.6 Å². The van der Waals surface area contributed by atoms with Crippen LogP contribution >= 0.6 is 15.9 Å². The van der Waals surface area contributed by atoms with Crippen molar-refractivity contribution in [3.8, 4) is 5.75 Å². The van der Waals surface area contributed by atoms with Crippen molar-refractivity contribution in [3.63, 3.8) is 0 Å². The van der Waals surface area contributed by atoms with Crippen molar-refractivity contribution in [3.05, 3.63) is 28.2 Å². The molecule has 0 saturated carbocycles. The molecule has 0 aromatic heterocycles. The van der Waals surface area contributed by atoms with Crippen LogP contribution in [0.2, 0.25) is 0 Å². The SMILES string of the molecule is COc1c(Br)cccc1C(C)C. The Balaban J connectivity index is 3.18. The fourth-order valence-electron chi connectivity index (χ4n) is 1.20. The molecule has 1 nitrogen and oxygen atoms in total. The minimum atomic E-state index is 0.498. The molecule has 1 rings (SSSR count). The number of para-hydroxylation sites is 1. The highest BCUT2D eigenvalue weighted by molar-refractivity contribution is 9.10. The van der Waals surface area contributed by atoms with Gasteiger partial charge in [0.15, 0.2) is 0 Å². The van der Waals surface area contributed by atoms with E-state index in [0.29, 0.717) is 5.92 Å². The minimum Gasteiger partial charge on any atom is -0.495 e. The van der Waals surface area contributed by atoms with Gasteiger partial charge in [-0.05, 0) is 33.5 Å². The van der Waals surface area contributed by atoms with Crippen molar-refractivity contribution >= 4 is 15.9 Å². The largest absolute Gasteiger partial charge is 0.495 e. The number of rotatable bonds is 2. The molecule has 0 radical (unpaired) electrons. The van der Waals surface area contributed by atoms with Gasteiger partial charge in [-0.2, -0.15) is 0 Å². The van der Waals surface area contributed by atoms with Gasteiger partial charge in [0.2, 0.25) is 0 Å². The maximum absolute atomic E-state index is 5.29. The summed E-state index contributed by atoms with van der Waals surface area (Å²) in [5.74, 6) is 1.45. The maximum atomic E-state index is 5.29. The van der Waals surface area contributed by atoms with Crippen LogP contribution in [-0.2, 0) is 0 Å². The van der Waals surface area contributed by atoms with E-state index in [0.717, 1.165) is 10.2 Å². The molecular formula is C10H13BrO. The van der Waals surface area contributed by atoms with Crippen molar-refractivity contribution in [2.75, 3.05) is 7.11 Å². The zero-order chi connectivity index (χ0) is 9.14. The maximum Gasteiger partial charge on any atom is 0.136 e. The number of ether oxygens (including phenoxy) is 1. The Bertz CT molecular complexity index is 269. The molecule has 66 valence electrons. The third kappa shape index (κ3) is 1.81. The van der Waals surface area contributed by atoms with E-state index in [9.17, 15) is 0 Å². The zero-order valence-corrected chi connectivity index (χ0v) is 9.18. The van der Waals surface area contributed by atoms with Gasteiger partial charge in [-0.1, -0.05) is 26.0 Å². The van der Waals surface area contributed by atoms with Crippen molar-refractivity contribution in [1.82, 2.24) is 0 Å². The van der Waals surface area contributed by atoms with Crippen LogP contribution in [0, 0.1) is 0 Å². The van der Waals surface area contributed by atoms with Crippen LogP contribution in [0.25, 0.3) is 0 Å². The summed E-state index contributed by atoms with van der Waals surface area (Å²) in [5.41, 5.74) is 1.24. The molecule has 0 N–H and O–H groups in total. The molecule has 0 aliphatic rings. The predicted molar refractivity (Wildman–Crippen MR) is 54.8 cm³/mol. The molecule has 0 spiro atoms. The third-order valence-electron chi connectivity index (χ3n) is 1.82. The number of benzene rings is 1.